The number of carboxylic acids is 1. The molecule has 0 unspecified atom stereocenters. The average molecular weight is 424 g/mol. The van der Waals surface area contributed by atoms with Crippen LogP contribution in [0.15, 0.2) is 36.4 Å². The van der Waals surface area contributed by atoms with E-state index in [9.17, 15) is 18.0 Å². The maximum Gasteiger partial charge on any atom is 0.573 e. The van der Waals surface area contributed by atoms with Crippen LogP contribution < -0.4 is 14.2 Å². The summed E-state index contributed by atoms with van der Waals surface area (Å²) in [4.78, 5) is 11.0. The van der Waals surface area contributed by atoms with Gasteiger partial charge in [0.2, 0.25) is 0 Å². The van der Waals surface area contributed by atoms with E-state index in [1.165, 1.54) is 12.1 Å². The number of benzene rings is 2. The van der Waals surface area contributed by atoms with Crippen LogP contribution in [0.1, 0.15) is 37.5 Å². The second-order valence-corrected chi connectivity index (χ2v) is 8.03. The molecule has 1 aliphatic heterocycles. The first kappa shape index (κ1) is 21.8. The van der Waals surface area contributed by atoms with Gasteiger partial charge in [-0.25, -0.2) is 0 Å². The Kier molecular flexibility index (Phi) is 5.87. The smallest absolute Gasteiger partial charge is 0.489 e. The molecule has 1 aliphatic rings. The van der Waals surface area contributed by atoms with E-state index in [4.69, 9.17) is 14.6 Å². The number of ether oxygens (including phenoxy) is 3. The number of carboxylic acid groups (broad SMARTS) is 1. The molecule has 30 heavy (non-hydrogen) atoms. The Bertz CT molecular complexity index is 920. The summed E-state index contributed by atoms with van der Waals surface area (Å²) in [6.45, 7) is 5.35. The molecule has 0 radical (unpaired) electrons. The van der Waals surface area contributed by atoms with Crippen molar-refractivity contribution in [2.45, 2.75) is 52.2 Å². The fourth-order valence-corrected chi connectivity index (χ4v) is 3.38. The number of fused-ring (bicyclic) bond motifs is 1. The van der Waals surface area contributed by atoms with Crippen LogP contribution in [0.4, 0.5) is 13.2 Å². The quantitative estimate of drug-likeness (QED) is 0.667. The first-order chi connectivity index (χ1) is 13.9. The van der Waals surface area contributed by atoms with E-state index < -0.39 is 23.9 Å². The molecule has 5 nitrogen and oxygen atoms in total. The van der Waals surface area contributed by atoms with Gasteiger partial charge in [-0.15, -0.1) is 13.2 Å². The predicted molar refractivity (Wildman–Crippen MR) is 103 cm³/mol. The van der Waals surface area contributed by atoms with Crippen LogP contribution in [0, 0.1) is 5.92 Å². The molecule has 0 spiro atoms. The molecule has 0 aliphatic carbocycles. The summed E-state index contributed by atoms with van der Waals surface area (Å²) in [6.07, 6.45) is -3.94. The number of hydrogen-bond donors (Lipinski definition) is 1. The minimum absolute atomic E-state index is 0.00164. The Hall–Kier alpha value is -2.90. The Morgan fingerprint density at radius 2 is 1.87 bits per heavy atom. The van der Waals surface area contributed by atoms with Crippen LogP contribution in [-0.4, -0.2) is 23.0 Å². The average Bonchev–Trinajstić information content (AvgIpc) is 2.93. The first-order valence-corrected chi connectivity index (χ1v) is 9.47. The van der Waals surface area contributed by atoms with E-state index in [0.29, 0.717) is 35.5 Å². The molecular weight excluding hydrogens is 401 g/mol. The second-order valence-electron chi connectivity index (χ2n) is 8.03. The Morgan fingerprint density at radius 3 is 2.47 bits per heavy atom. The molecule has 3 rings (SSSR count). The fraction of sp³-hybridized carbons (Fsp3) is 0.409. The van der Waals surface area contributed by atoms with Crippen molar-refractivity contribution in [3.8, 4) is 17.2 Å². The van der Waals surface area contributed by atoms with Crippen molar-refractivity contribution in [3.63, 3.8) is 0 Å². The molecule has 1 atom stereocenters. The summed E-state index contributed by atoms with van der Waals surface area (Å²) in [5, 5.41) is 9.00. The van der Waals surface area contributed by atoms with Crippen molar-refractivity contribution in [2.75, 3.05) is 0 Å². The molecule has 162 valence electrons. The SMILES string of the molecule is C[C@H](Cc1ccc(OCc2cc(OC(F)(F)F)cc3c2OC(C)(C)C3)cc1)C(=O)O. The normalized spacial score (nSPS) is 15.8. The Labute approximate surface area is 172 Å². The molecule has 0 aromatic heterocycles. The van der Waals surface area contributed by atoms with Gasteiger partial charge < -0.3 is 19.3 Å². The van der Waals surface area contributed by atoms with Gasteiger partial charge in [-0.05, 0) is 50.1 Å². The highest BCUT2D eigenvalue weighted by Crippen LogP contribution is 2.41. The highest BCUT2D eigenvalue weighted by Gasteiger charge is 2.35. The molecular formula is C22H23F3O5. The van der Waals surface area contributed by atoms with Gasteiger partial charge in [-0.1, -0.05) is 19.1 Å². The van der Waals surface area contributed by atoms with Gasteiger partial charge >= 0.3 is 12.3 Å². The van der Waals surface area contributed by atoms with E-state index in [0.717, 1.165) is 5.56 Å². The number of aliphatic carboxylic acids is 1. The Morgan fingerprint density at radius 1 is 1.20 bits per heavy atom. The third-order valence-corrected chi connectivity index (χ3v) is 4.73. The largest absolute Gasteiger partial charge is 0.573 e. The zero-order valence-electron chi connectivity index (χ0n) is 16.9. The number of alkyl halides is 3. The summed E-state index contributed by atoms with van der Waals surface area (Å²) < 4.78 is 53.8. The predicted octanol–water partition coefficient (Wildman–Crippen LogP) is 5.14. The minimum atomic E-state index is -4.79. The van der Waals surface area contributed by atoms with Crippen LogP contribution >= 0.6 is 0 Å². The van der Waals surface area contributed by atoms with Gasteiger partial charge in [0.15, 0.2) is 0 Å². The maximum absolute atomic E-state index is 12.7. The van der Waals surface area contributed by atoms with Crippen molar-refractivity contribution >= 4 is 5.97 Å². The van der Waals surface area contributed by atoms with Gasteiger partial charge in [-0.3, -0.25) is 4.79 Å². The standard InChI is InChI=1S/C22H23F3O5/c1-13(20(26)27)8-14-4-6-17(7-5-14)28-12-16-10-18(29-22(23,24)25)9-15-11-21(2,3)30-19(15)16/h4-7,9-10,13H,8,11-12H2,1-3H3,(H,26,27)/t13-/m1/s1. The summed E-state index contributed by atoms with van der Waals surface area (Å²) >= 11 is 0. The second kappa shape index (κ2) is 8.08. The number of rotatable bonds is 7. The van der Waals surface area contributed by atoms with Gasteiger partial charge in [0.1, 0.15) is 29.5 Å². The maximum atomic E-state index is 12.7. The molecule has 2 aromatic carbocycles. The molecule has 0 bridgehead atoms. The third kappa shape index (κ3) is 5.58. The van der Waals surface area contributed by atoms with Crippen molar-refractivity contribution in [3.05, 3.63) is 53.1 Å². The van der Waals surface area contributed by atoms with Crippen LogP contribution in [0.2, 0.25) is 0 Å². The highest BCUT2D eigenvalue weighted by molar-refractivity contribution is 5.69. The van der Waals surface area contributed by atoms with E-state index in [1.807, 2.05) is 13.8 Å². The third-order valence-electron chi connectivity index (χ3n) is 4.73. The van der Waals surface area contributed by atoms with Gasteiger partial charge in [0, 0.05) is 17.5 Å². The van der Waals surface area contributed by atoms with Crippen LogP contribution in [-0.2, 0) is 24.2 Å². The monoisotopic (exact) mass is 424 g/mol. The molecule has 0 saturated heterocycles. The lowest BCUT2D eigenvalue weighted by molar-refractivity contribution is -0.274. The molecule has 0 amide bonds. The van der Waals surface area contributed by atoms with E-state index >= 15 is 0 Å². The lowest BCUT2D eigenvalue weighted by Crippen LogP contribution is -2.25. The molecule has 1 heterocycles. The highest BCUT2D eigenvalue weighted by atomic mass is 19.4. The summed E-state index contributed by atoms with van der Waals surface area (Å²) in [6, 6.07) is 9.55. The minimum Gasteiger partial charge on any atom is -0.489 e. The zero-order chi connectivity index (χ0) is 22.1. The number of halogens is 3. The topological polar surface area (TPSA) is 65.0 Å². The van der Waals surface area contributed by atoms with Crippen molar-refractivity contribution in [1.29, 1.82) is 0 Å². The first-order valence-electron chi connectivity index (χ1n) is 9.47. The molecule has 2 aromatic rings. The van der Waals surface area contributed by atoms with E-state index in [2.05, 4.69) is 4.74 Å². The molecule has 1 N–H and O–H groups in total. The number of hydrogen-bond acceptors (Lipinski definition) is 4. The number of carbonyl (C=O) groups is 1. The fourth-order valence-electron chi connectivity index (χ4n) is 3.38. The van der Waals surface area contributed by atoms with Gasteiger partial charge in [0.05, 0.1) is 5.92 Å². The van der Waals surface area contributed by atoms with Crippen LogP contribution in [0.5, 0.6) is 17.2 Å². The van der Waals surface area contributed by atoms with Crippen molar-refractivity contribution in [1.82, 2.24) is 0 Å². The summed E-state index contributed by atoms with van der Waals surface area (Å²) in [7, 11) is 0. The summed E-state index contributed by atoms with van der Waals surface area (Å²) in [5.74, 6) is -0.653. The van der Waals surface area contributed by atoms with E-state index in [-0.39, 0.29) is 12.4 Å². The molecule has 8 heteroatoms. The van der Waals surface area contributed by atoms with Gasteiger partial charge in [0.25, 0.3) is 0 Å². The Balaban J connectivity index is 1.75. The zero-order valence-corrected chi connectivity index (χ0v) is 16.9. The lowest BCUT2D eigenvalue weighted by atomic mass is 10.00. The molecule has 0 fully saturated rings. The van der Waals surface area contributed by atoms with Crippen LogP contribution in [0.25, 0.3) is 0 Å². The molecule has 0 saturated carbocycles. The van der Waals surface area contributed by atoms with Crippen molar-refractivity contribution < 1.29 is 37.3 Å². The van der Waals surface area contributed by atoms with Crippen molar-refractivity contribution in [2.24, 2.45) is 5.92 Å². The van der Waals surface area contributed by atoms with Gasteiger partial charge in [-0.2, -0.15) is 0 Å². The van der Waals surface area contributed by atoms with E-state index in [1.54, 1.807) is 31.2 Å². The van der Waals surface area contributed by atoms with Crippen LogP contribution in [0.3, 0.4) is 0 Å². The lowest BCUT2D eigenvalue weighted by Gasteiger charge is -2.18. The summed E-state index contributed by atoms with van der Waals surface area (Å²) in [5.41, 5.74) is 1.42.